The zero-order valence-electron chi connectivity index (χ0n) is 10.1. The maximum absolute atomic E-state index is 12.0. The molecule has 0 saturated carbocycles. The van der Waals surface area contributed by atoms with E-state index in [-0.39, 0.29) is 0 Å². The molecule has 8 heteroatoms. The van der Waals surface area contributed by atoms with Crippen molar-refractivity contribution in [3.8, 4) is 0 Å². The summed E-state index contributed by atoms with van der Waals surface area (Å²) in [5.41, 5.74) is 1.32. The van der Waals surface area contributed by atoms with Gasteiger partial charge in [0.15, 0.2) is 0 Å². The number of aromatic nitrogens is 1. The minimum Gasteiger partial charge on any atom is -0.359 e. The molecule has 1 aromatic heterocycles. The fourth-order valence-electron chi connectivity index (χ4n) is 1.68. The highest BCUT2D eigenvalue weighted by Crippen LogP contribution is 2.26. The number of carbonyl (C=O) groups excluding carboxylic acids is 1. The maximum atomic E-state index is 12.0. The van der Waals surface area contributed by atoms with Gasteiger partial charge in [0, 0.05) is 28.1 Å². The molecule has 0 aliphatic carbocycles. The second kappa shape index (κ2) is 5.74. The van der Waals surface area contributed by atoms with Gasteiger partial charge in [-0.05, 0) is 18.2 Å². The van der Waals surface area contributed by atoms with Crippen LogP contribution in [-0.4, -0.2) is 23.7 Å². The number of hydrogen-bond acceptors (Lipinski definition) is 1. The number of H-pyrrole nitrogens is 1. The topological polar surface area (TPSA) is 56.9 Å². The number of anilines is 1. The van der Waals surface area contributed by atoms with Gasteiger partial charge in [0.1, 0.15) is 0 Å². The van der Waals surface area contributed by atoms with Gasteiger partial charge in [0.2, 0.25) is 0 Å². The molecule has 1 aromatic carbocycles. The van der Waals surface area contributed by atoms with Gasteiger partial charge >= 0.3 is 12.2 Å². The summed E-state index contributed by atoms with van der Waals surface area (Å²) in [4.78, 5) is 14.5. The number of alkyl halides is 3. The number of rotatable bonds is 3. The number of amides is 2. The highest BCUT2D eigenvalue weighted by Gasteiger charge is 2.26. The molecule has 2 aromatic rings. The van der Waals surface area contributed by atoms with E-state index >= 15 is 0 Å². The molecule has 2 rings (SSSR count). The Morgan fingerprint density at radius 1 is 1.35 bits per heavy atom. The minimum absolute atomic E-state index is 0.457. The molecular weight excluding hydrogens is 339 g/mol. The van der Waals surface area contributed by atoms with E-state index < -0.39 is 25.2 Å². The fraction of sp³-hybridized carbons (Fsp3) is 0.250. The molecule has 0 saturated heterocycles. The average Bonchev–Trinajstić information content (AvgIpc) is 2.70. The number of nitrogens with one attached hydrogen (secondary N) is 3. The molecule has 0 fully saturated rings. The molecule has 0 aliphatic rings. The summed E-state index contributed by atoms with van der Waals surface area (Å²) < 4.78 is 36.7. The van der Waals surface area contributed by atoms with Crippen molar-refractivity contribution in [2.75, 3.05) is 11.9 Å². The van der Waals surface area contributed by atoms with Crippen LogP contribution in [0.5, 0.6) is 0 Å². The average molecular weight is 350 g/mol. The molecule has 1 heterocycles. The van der Waals surface area contributed by atoms with Crippen LogP contribution < -0.4 is 10.6 Å². The van der Waals surface area contributed by atoms with Gasteiger partial charge in [-0.3, -0.25) is 0 Å². The first-order valence-corrected chi connectivity index (χ1v) is 6.53. The molecule has 2 amide bonds. The van der Waals surface area contributed by atoms with Crippen LogP contribution >= 0.6 is 15.9 Å². The number of aromatic amines is 1. The Bertz CT molecular complexity index is 624. The summed E-state index contributed by atoms with van der Waals surface area (Å²) in [7, 11) is 0. The molecule has 0 unspecified atom stereocenters. The van der Waals surface area contributed by atoms with Gasteiger partial charge in [-0.15, -0.1) is 0 Å². The lowest BCUT2D eigenvalue weighted by Gasteiger charge is -2.08. The van der Waals surface area contributed by atoms with Gasteiger partial charge in [0.25, 0.3) is 0 Å². The molecule has 0 radical (unpaired) electrons. The number of halogens is 4. The third kappa shape index (κ3) is 3.89. The van der Waals surface area contributed by atoms with Crippen molar-refractivity contribution < 1.29 is 18.0 Å². The SMILES string of the molecule is O=C(NCCC(F)(F)F)Nc1c[nH]c2ccc(Br)cc12. The van der Waals surface area contributed by atoms with Gasteiger partial charge in [-0.2, -0.15) is 13.2 Å². The quantitative estimate of drug-likeness (QED) is 0.770. The summed E-state index contributed by atoms with van der Waals surface area (Å²) in [6, 6.07) is 4.80. The Kier molecular flexibility index (Phi) is 4.22. The molecule has 20 heavy (non-hydrogen) atoms. The van der Waals surface area contributed by atoms with E-state index in [1.807, 2.05) is 12.1 Å². The normalized spacial score (nSPS) is 11.6. The largest absolute Gasteiger partial charge is 0.390 e. The number of carbonyl (C=O) groups is 1. The van der Waals surface area contributed by atoms with Crippen LogP contribution in [-0.2, 0) is 0 Å². The van der Waals surface area contributed by atoms with Crippen molar-refractivity contribution in [3.05, 3.63) is 28.9 Å². The number of fused-ring (bicyclic) bond motifs is 1. The molecule has 0 bridgehead atoms. The Hall–Kier alpha value is -1.70. The molecule has 108 valence electrons. The second-order valence-corrected chi connectivity index (χ2v) is 5.05. The van der Waals surface area contributed by atoms with E-state index in [9.17, 15) is 18.0 Å². The molecule has 3 N–H and O–H groups in total. The van der Waals surface area contributed by atoms with Crippen LogP contribution in [0.1, 0.15) is 6.42 Å². The van der Waals surface area contributed by atoms with Crippen LogP contribution in [0, 0.1) is 0 Å². The molecular formula is C12H11BrF3N3O. The standard InChI is InChI=1S/C12H11BrF3N3O/c13-7-1-2-9-8(5-7)10(6-18-9)19-11(20)17-4-3-12(14,15)16/h1-2,5-6,18H,3-4H2,(H2,17,19,20). The van der Waals surface area contributed by atoms with E-state index in [1.165, 1.54) is 0 Å². The van der Waals surface area contributed by atoms with Crippen molar-refractivity contribution >= 4 is 38.6 Å². The van der Waals surface area contributed by atoms with E-state index in [4.69, 9.17) is 0 Å². The predicted molar refractivity (Wildman–Crippen MR) is 73.7 cm³/mol. The van der Waals surface area contributed by atoms with Crippen LogP contribution in [0.25, 0.3) is 10.9 Å². The minimum atomic E-state index is -4.28. The number of benzene rings is 1. The first kappa shape index (κ1) is 14.7. The Morgan fingerprint density at radius 3 is 2.80 bits per heavy atom. The Morgan fingerprint density at radius 2 is 2.10 bits per heavy atom. The smallest absolute Gasteiger partial charge is 0.359 e. The highest BCUT2D eigenvalue weighted by molar-refractivity contribution is 9.10. The molecule has 0 spiro atoms. The zero-order valence-corrected chi connectivity index (χ0v) is 11.7. The van der Waals surface area contributed by atoms with Gasteiger partial charge < -0.3 is 15.6 Å². The maximum Gasteiger partial charge on any atom is 0.390 e. The van der Waals surface area contributed by atoms with Crippen LogP contribution in [0.3, 0.4) is 0 Å². The van der Waals surface area contributed by atoms with Gasteiger partial charge in [-0.1, -0.05) is 15.9 Å². The molecule has 0 aliphatic heterocycles. The first-order valence-electron chi connectivity index (χ1n) is 5.73. The van der Waals surface area contributed by atoms with Crippen molar-refractivity contribution in [1.29, 1.82) is 0 Å². The lowest BCUT2D eigenvalue weighted by Crippen LogP contribution is -2.31. The van der Waals surface area contributed by atoms with Crippen molar-refractivity contribution in [2.45, 2.75) is 12.6 Å². The van der Waals surface area contributed by atoms with E-state index in [1.54, 1.807) is 12.3 Å². The number of hydrogen-bond donors (Lipinski definition) is 3. The van der Waals surface area contributed by atoms with E-state index in [2.05, 4.69) is 31.5 Å². The molecule has 4 nitrogen and oxygen atoms in total. The van der Waals surface area contributed by atoms with E-state index in [0.29, 0.717) is 5.69 Å². The summed E-state index contributed by atoms with van der Waals surface area (Å²) in [6.07, 6.45) is -3.75. The highest BCUT2D eigenvalue weighted by atomic mass is 79.9. The molecule has 0 atom stereocenters. The van der Waals surface area contributed by atoms with Gasteiger partial charge in [0.05, 0.1) is 12.1 Å². The van der Waals surface area contributed by atoms with Gasteiger partial charge in [-0.25, -0.2) is 4.79 Å². The fourth-order valence-corrected chi connectivity index (χ4v) is 2.04. The zero-order chi connectivity index (χ0) is 14.8. The monoisotopic (exact) mass is 349 g/mol. The lowest BCUT2D eigenvalue weighted by molar-refractivity contribution is -0.132. The summed E-state index contributed by atoms with van der Waals surface area (Å²) >= 11 is 3.31. The second-order valence-electron chi connectivity index (χ2n) is 4.14. The van der Waals surface area contributed by atoms with Crippen molar-refractivity contribution in [1.82, 2.24) is 10.3 Å². The first-order chi connectivity index (χ1) is 9.35. The summed E-state index contributed by atoms with van der Waals surface area (Å²) in [5.74, 6) is 0. The van der Waals surface area contributed by atoms with Crippen LogP contribution in [0.15, 0.2) is 28.9 Å². The summed E-state index contributed by atoms with van der Waals surface area (Å²) in [6.45, 7) is -0.457. The Balaban J connectivity index is 1.98. The third-order valence-electron chi connectivity index (χ3n) is 2.59. The van der Waals surface area contributed by atoms with E-state index in [0.717, 1.165) is 15.4 Å². The van der Waals surface area contributed by atoms with Crippen LogP contribution in [0.4, 0.5) is 23.7 Å². The lowest BCUT2D eigenvalue weighted by atomic mass is 10.2. The Labute approximate surface area is 120 Å². The summed E-state index contributed by atoms with van der Waals surface area (Å²) in [5, 5.41) is 5.44. The van der Waals surface area contributed by atoms with Crippen LogP contribution in [0.2, 0.25) is 0 Å². The van der Waals surface area contributed by atoms with Crippen molar-refractivity contribution in [2.24, 2.45) is 0 Å². The van der Waals surface area contributed by atoms with Crippen molar-refractivity contribution in [3.63, 3.8) is 0 Å². The third-order valence-corrected chi connectivity index (χ3v) is 3.08. The number of urea groups is 1. The predicted octanol–water partition coefficient (Wildman–Crippen LogP) is 4.00.